The Bertz CT molecular complexity index is 828. The molecule has 0 spiro atoms. The van der Waals surface area contributed by atoms with Gasteiger partial charge in [-0.1, -0.05) is 19.0 Å². The Labute approximate surface area is 163 Å². The normalized spacial score (nSPS) is 20.3. The molecule has 0 saturated heterocycles. The van der Waals surface area contributed by atoms with E-state index >= 15 is 0 Å². The summed E-state index contributed by atoms with van der Waals surface area (Å²) in [7, 11) is 0. The van der Waals surface area contributed by atoms with Gasteiger partial charge in [0.05, 0.1) is 12.1 Å². The van der Waals surface area contributed by atoms with Crippen molar-refractivity contribution in [2.45, 2.75) is 64.5 Å². The van der Waals surface area contributed by atoms with E-state index in [1.165, 1.54) is 0 Å². The maximum absolute atomic E-state index is 12.1. The van der Waals surface area contributed by atoms with Crippen LogP contribution in [0, 0.1) is 12.8 Å². The third kappa shape index (κ3) is 4.98. The van der Waals surface area contributed by atoms with Crippen LogP contribution < -0.4 is 11.1 Å². The van der Waals surface area contributed by atoms with Crippen LogP contribution in [0.3, 0.4) is 0 Å². The number of aromatic nitrogens is 3. The van der Waals surface area contributed by atoms with Crippen LogP contribution in [0.2, 0.25) is 0 Å². The minimum atomic E-state index is -0.596. The van der Waals surface area contributed by atoms with Crippen LogP contribution in [0.4, 0.5) is 5.82 Å². The van der Waals surface area contributed by atoms with Gasteiger partial charge in [-0.15, -0.1) is 0 Å². The van der Waals surface area contributed by atoms with Gasteiger partial charge in [-0.3, -0.25) is 14.7 Å². The second-order valence-electron chi connectivity index (χ2n) is 7.71. The Kier molecular flexibility index (Phi) is 6.13. The molecule has 3 atom stereocenters. The van der Waals surface area contributed by atoms with Crippen molar-refractivity contribution >= 4 is 17.7 Å². The Morgan fingerprint density at radius 3 is 2.86 bits per heavy atom. The number of amides is 1. The number of H-pyrrole nitrogens is 1. The first-order valence-corrected chi connectivity index (χ1v) is 9.55. The SMILES string of the molecule is Cc1cc(CC(=O)Nc2cc([C@@H]3CC[C@H](OC(=O)C(N)C(C)C)C3)[nH]n2)on1. The van der Waals surface area contributed by atoms with E-state index in [1.54, 1.807) is 13.0 Å². The monoisotopic (exact) mass is 389 g/mol. The quantitative estimate of drug-likeness (QED) is 0.616. The molecule has 0 bridgehead atoms. The van der Waals surface area contributed by atoms with E-state index in [2.05, 4.69) is 20.7 Å². The number of carbonyl (C=O) groups excluding carboxylic acids is 2. The molecule has 0 radical (unpaired) electrons. The Morgan fingerprint density at radius 2 is 2.18 bits per heavy atom. The van der Waals surface area contributed by atoms with Crippen LogP contribution in [0.1, 0.15) is 56.2 Å². The first-order chi connectivity index (χ1) is 13.3. The summed E-state index contributed by atoms with van der Waals surface area (Å²) in [5.74, 6) is 0.632. The van der Waals surface area contributed by atoms with Crippen LogP contribution in [0.15, 0.2) is 16.7 Å². The first-order valence-electron chi connectivity index (χ1n) is 9.55. The number of anilines is 1. The minimum Gasteiger partial charge on any atom is -0.461 e. The van der Waals surface area contributed by atoms with Crippen LogP contribution >= 0.6 is 0 Å². The lowest BCUT2D eigenvalue weighted by Gasteiger charge is -2.18. The van der Waals surface area contributed by atoms with Gasteiger partial charge in [-0.25, -0.2) is 0 Å². The minimum absolute atomic E-state index is 0.0457. The number of aryl methyl sites for hydroxylation is 1. The van der Waals surface area contributed by atoms with Crippen molar-refractivity contribution in [2.24, 2.45) is 11.7 Å². The van der Waals surface area contributed by atoms with Gasteiger partial charge in [-0.2, -0.15) is 5.10 Å². The molecule has 1 unspecified atom stereocenters. The highest BCUT2D eigenvalue weighted by Gasteiger charge is 2.31. The molecule has 9 nitrogen and oxygen atoms in total. The number of nitrogens with one attached hydrogen (secondary N) is 2. The van der Waals surface area contributed by atoms with Crippen molar-refractivity contribution < 1.29 is 18.8 Å². The zero-order chi connectivity index (χ0) is 20.3. The molecule has 2 aromatic rings. The van der Waals surface area contributed by atoms with Gasteiger partial charge >= 0.3 is 5.97 Å². The lowest BCUT2D eigenvalue weighted by atomic mass is 10.0. The van der Waals surface area contributed by atoms with Crippen LogP contribution in [0.25, 0.3) is 0 Å². The number of hydrogen-bond donors (Lipinski definition) is 3. The second-order valence-corrected chi connectivity index (χ2v) is 7.71. The van der Waals surface area contributed by atoms with Crippen molar-refractivity contribution in [3.63, 3.8) is 0 Å². The predicted octanol–water partition coefficient (Wildman–Crippen LogP) is 2.05. The number of aromatic amines is 1. The van der Waals surface area contributed by atoms with Crippen LogP contribution in [0.5, 0.6) is 0 Å². The molecule has 0 aromatic carbocycles. The summed E-state index contributed by atoms with van der Waals surface area (Å²) >= 11 is 0. The standard InChI is InChI=1S/C19H27N5O4/c1-10(2)18(20)19(26)27-13-5-4-12(7-13)15-9-16(23-22-15)21-17(25)8-14-6-11(3)24-28-14/h6,9-10,12-13,18H,4-5,7-8,20H2,1-3H3,(H2,21,22,23,25)/t12-,13+,18?/m1/s1. The summed E-state index contributed by atoms with van der Waals surface area (Å²) in [5, 5.41) is 13.6. The zero-order valence-corrected chi connectivity index (χ0v) is 16.4. The van der Waals surface area contributed by atoms with E-state index < -0.39 is 6.04 Å². The van der Waals surface area contributed by atoms with Gasteiger partial charge in [-0.05, 0) is 32.1 Å². The predicted molar refractivity (Wildman–Crippen MR) is 101 cm³/mol. The van der Waals surface area contributed by atoms with Crippen molar-refractivity contribution in [3.8, 4) is 0 Å². The molecule has 28 heavy (non-hydrogen) atoms. The topological polar surface area (TPSA) is 136 Å². The maximum Gasteiger partial charge on any atom is 0.323 e. The highest BCUT2D eigenvalue weighted by atomic mass is 16.5. The summed E-state index contributed by atoms with van der Waals surface area (Å²) in [6, 6.07) is 2.94. The Hall–Kier alpha value is -2.68. The molecule has 1 fully saturated rings. The molecule has 2 aromatic heterocycles. The molecule has 1 aliphatic carbocycles. The van der Waals surface area contributed by atoms with E-state index in [4.69, 9.17) is 15.0 Å². The number of esters is 1. The number of hydrogen-bond acceptors (Lipinski definition) is 7. The third-order valence-electron chi connectivity index (χ3n) is 4.97. The molecule has 0 aliphatic heterocycles. The number of ether oxygens (including phenoxy) is 1. The lowest BCUT2D eigenvalue weighted by Crippen LogP contribution is -2.38. The largest absolute Gasteiger partial charge is 0.461 e. The molecular formula is C19H27N5O4. The summed E-state index contributed by atoms with van der Waals surface area (Å²) in [4.78, 5) is 24.1. The third-order valence-corrected chi connectivity index (χ3v) is 4.97. The average Bonchev–Trinajstić information content (AvgIpc) is 3.36. The zero-order valence-electron chi connectivity index (χ0n) is 16.4. The van der Waals surface area contributed by atoms with Crippen molar-refractivity contribution in [1.82, 2.24) is 15.4 Å². The maximum atomic E-state index is 12.1. The Morgan fingerprint density at radius 1 is 1.39 bits per heavy atom. The summed E-state index contributed by atoms with van der Waals surface area (Å²) in [6.07, 6.45) is 2.33. The van der Waals surface area contributed by atoms with E-state index in [-0.39, 0.29) is 36.2 Å². The van der Waals surface area contributed by atoms with Gasteiger partial charge in [0.15, 0.2) is 5.82 Å². The molecule has 1 aliphatic rings. The molecular weight excluding hydrogens is 362 g/mol. The van der Waals surface area contributed by atoms with Crippen LogP contribution in [-0.2, 0) is 20.7 Å². The van der Waals surface area contributed by atoms with Gasteiger partial charge in [0, 0.05) is 23.7 Å². The van der Waals surface area contributed by atoms with Gasteiger partial charge in [0.1, 0.15) is 17.9 Å². The van der Waals surface area contributed by atoms with E-state index in [1.807, 2.05) is 19.9 Å². The molecule has 1 amide bonds. The molecule has 152 valence electrons. The second kappa shape index (κ2) is 8.55. The number of rotatable bonds is 7. The molecule has 3 rings (SSSR count). The van der Waals surface area contributed by atoms with Gasteiger partial charge in [0.2, 0.25) is 5.91 Å². The summed E-state index contributed by atoms with van der Waals surface area (Å²) in [5.41, 5.74) is 7.50. The fourth-order valence-corrected chi connectivity index (χ4v) is 3.30. The molecule has 4 N–H and O–H groups in total. The van der Waals surface area contributed by atoms with E-state index in [9.17, 15) is 9.59 Å². The average molecular weight is 389 g/mol. The van der Waals surface area contributed by atoms with Gasteiger partial charge in [0.25, 0.3) is 0 Å². The number of nitrogens with zero attached hydrogens (tertiary/aromatic N) is 2. The van der Waals surface area contributed by atoms with Crippen molar-refractivity contribution in [1.29, 1.82) is 0 Å². The smallest absolute Gasteiger partial charge is 0.323 e. The Balaban J connectivity index is 1.50. The first kappa shape index (κ1) is 20.1. The summed E-state index contributed by atoms with van der Waals surface area (Å²) < 4.78 is 10.6. The fraction of sp³-hybridized carbons (Fsp3) is 0.579. The highest BCUT2D eigenvalue weighted by molar-refractivity contribution is 5.91. The molecule has 2 heterocycles. The number of nitrogens with two attached hydrogens (primary N) is 1. The number of carbonyl (C=O) groups is 2. The lowest BCUT2D eigenvalue weighted by molar-refractivity contribution is -0.151. The van der Waals surface area contributed by atoms with Crippen molar-refractivity contribution in [2.75, 3.05) is 5.32 Å². The van der Waals surface area contributed by atoms with Gasteiger partial charge < -0.3 is 20.3 Å². The van der Waals surface area contributed by atoms with Crippen molar-refractivity contribution in [3.05, 3.63) is 29.3 Å². The molecule has 1 saturated carbocycles. The summed E-state index contributed by atoms with van der Waals surface area (Å²) in [6.45, 7) is 5.59. The molecule has 9 heteroatoms. The highest BCUT2D eigenvalue weighted by Crippen LogP contribution is 2.36. The van der Waals surface area contributed by atoms with E-state index in [0.29, 0.717) is 18.0 Å². The fourth-order valence-electron chi connectivity index (χ4n) is 3.30. The van der Waals surface area contributed by atoms with E-state index in [0.717, 1.165) is 24.2 Å². The van der Waals surface area contributed by atoms with Crippen LogP contribution in [-0.4, -0.2) is 39.4 Å².